The van der Waals surface area contributed by atoms with Gasteiger partial charge in [0.2, 0.25) is 0 Å². The second-order valence-electron chi connectivity index (χ2n) is 4.36. The van der Waals surface area contributed by atoms with Crippen molar-refractivity contribution in [2.75, 3.05) is 11.6 Å². The molecule has 0 radical (unpaired) electrons. The first-order chi connectivity index (χ1) is 6.31. The van der Waals surface area contributed by atoms with Gasteiger partial charge in [0.05, 0.1) is 11.0 Å². The van der Waals surface area contributed by atoms with Gasteiger partial charge in [0, 0.05) is 5.88 Å². The molecule has 0 saturated carbocycles. The fraction of sp³-hybridized carbons (Fsp3) is 1.00. The van der Waals surface area contributed by atoms with E-state index in [4.69, 9.17) is 11.6 Å². The minimum atomic E-state index is -2.90. The van der Waals surface area contributed by atoms with Crippen LogP contribution < -0.4 is 0 Å². The summed E-state index contributed by atoms with van der Waals surface area (Å²) in [6.07, 6.45) is 0.682. The van der Waals surface area contributed by atoms with E-state index in [-0.39, 0.29) is 11.0 Å². The number of halogens is 1. The predicted octanol–water partition coefficient (Wildman–Crippen LogP) is 2.71. The molecule has 0 spiro atoms. The third-order valence-electron chi connectivity index (χ3n) is 2.63. The molecule has 0 aromatic rings. The van der Waals surface area contributed by atoms with Gasteiger partial charge in [0.25, 0.3) is 0 Å². The molecule has 0 aliphatic heterocycles. The van der Waals surface area contributed by atoms with Gasteiger partial charge in [0.1, 0.15) is 0 Å². The Morgan fingerprint density at radius 1 is 1.14 bits per heavy atom. The fourth-order valence-corrected chi connectivity index (χ4v) is 2.75. The lowest BCUT2D eigenvalue weighted by atomic mass is 9.95. The van der Waals surface area contributed by atoms with Crippen LogP contribution in [0.15, 0.2) is 0 Å². The molecule has 0 aromatic heterocycles. The number of rotatable bonds is 6. The quantitative estimate of drug-likeness (QED) is 0.669. The van der Waals surface area contributed by atoms with Crippen LogP contribution in [0, 0.1) is 11.8 Å². The van der Waals surface area contributed by atoms with Gasteiger partial charge in [-0.25, -0.2) is 8.42 Å². The Hall–Kier alpha value is 0.240. The molecule has 0 heterocycles. The maximum absolute atomic E-state index is 11.5. The topological polar surface area (TPSA) is 34.1 Å². The molecule has 0 saturated heterocycles. The predicted molar refractivity (Wildman–Crippen MR) is 62.6 cm³/mol. The van der Waals surface area contributed by atoms with Crippen molar-refractivity contribution < 1.29 is 8.42 Å². The molecule has 1 unspecified atom stereocenters. The Morgan fingerprint density at radius 2 is 1.64 bits per heavy atom. The molecule has 0 fully saturated rings. The van der Waals surface area contributed by atoms with Crippen molar-refractivity contribution in [3.63, 3.8) is 0 Å². The third-order valence-corrected chi connectivity index (χ3v) is 5.27. The molecule has 0 aromatic carbocycles. The molecule has 86 valence electrons. The molecular formula is C10H21ClO2S. The van der Waals surface area contributed by atoms with Crippen LogP contribution in [-0.2, 0) is 9.84 Å². The van der Waals surface area contributed by atoms with Crippen LogP contribution in [0.5, 0.6) is 0 Å². The zero-order valence-corrected chi connectivity index (χ0v) is 11.0. The Labute approximate surface area is 93.0 Å². The van der Waals surface area contributed by atoms with Crippen molar-refractivity contribution in [3.05, 3.63) is 0 Å². The van der Waals surface area contributed by atoms with Gasteiger partial charge in [-0.05, 0) is 32.1 Å². The largest absolute Gasteiger partial charge is 0.229 e. The summed E-state index contributed by atoms with van der Waals surface area (Å²) in [6.45, 7) is 7.60. The highest BCUT2D eigenvalue weighted by Crippen LogP contribution is 2.18. The summed E-state index contributed by atoms with van der Waals surface area (Å²) in [6, 6.07) is 0. The van der Waals surface area contributed by atoms with Gasteiger partial charge in [-0.1, -0.05) is 13.8 Å². The minimum Gasteiger partial charge on any atom is -0.229 e. The van der Waals surface area contributed by atoms with Gasteiger partial charge in [-0.3, -0.25) is 0 Å². The molecule has 0 bridgehead atoms. The fourth-order valence-electron chi connectivity index (χ4n) is 1.14. The molecule has 1 atom stereocenters. The minimum absolute atomic E-state index is 0.264. The van der Waals surface area contributed by atoms with Crippen molar-refractivity contribution >= 4 is 21.4 Å². The van der Waals surface area contributed by atoms with E-state index >= 15 is 0 Å². The van der Waals surface area contributed by atoms with Crippen molar-refractivity contribution in [3.8, 4) is 0 Å². The molecule has 2 nitrogen and oxygen atoms in total. The van der Waals surface area contributed by atoms with Crippen LogP contribution in [0.2, 0.25) is 0 Å². The van der Waals surface area contributed by atoms with E-state index in [1.165, 1.54) is 0 Å². The number of alkyl halides is 1. The lowest BCUT2D eigenvalue weighted by Crippen LogP contribution is -2.22. The molecule has 14 heavy (non-hydrogen) atoms. The van der Waals surface area contributed by atoms with Crippen molar-refractivity contribution in [2.45, 2.75) is 39.4 Å². The number of hydrogen-bond donors (Lipinski definition) is 0. The van der Waals surface area contributed by atoms with E-state index in [9.17, 15) is 8.42 Å². The van der Waals surface area contributed by atoms with E-state index in [0.717, 1.165) is 0 Å². The SMILES string of the molecule is CC(C)C(CCl)CCS(=O)(=O)C(C)C. The Kier molecular flexibility index (Phi) is 6.06. The second-order valence-corrected chi connectivity index (χ2v) is 7.35. The van der Waals surface area contributed by atoms with Gasteiger partial charge >= 0.3 is 0 Å². The summed E-state index contributed by atoms with van der Waals surface area (Å²) < 4.78 is 23.1. The first kappa shape index (κ1) is 14.2. The van der Waals surface area contributed by atoms with Crippen LogP contribution >= 0.6 is 11.6 Å². The first-order valence-corrected chi connectivity index (χ1v) is 7.33. The average molecular weight is 241 g/mol. The molecule has 0 aliphatic carbocycles. The average Bonchev–Trinajstić information content (AvgIpc) is 2.04. The van der Waals surface area contributed by atoms with E-state index < -0.39 is 9.84 Å². The zero-order chi connectivity index (χ0) is 11.4. The third kappa shape index (κ3) is 4.65. The maximum Gasteiger partial charge on any atom is 0.152 e. The monoisotopic (exact) mass is 240 g/mol. The van der Waals surface area contributed by atoms with Crippen LogP contribution in [0.1, 0.15) is 34.1 Å². The number of hydrogen-bond acceptors (Lipinski definition) is 2. The summed E-state index contributed by atoms with van der Waals surface area (Å²) in [5, 5.41) is -0.273. The Bertz CT molecular complexity index is 245. The van der Waals surface area contributed by atoms with Crippen molar-refractivity contribution in [2.24, 2.45) is 11.8 Å². The lowest BCUT2D eigenvalue weighted by molar-refractivity contribution is 0.411. The van der Waals surface area contributed by atoms with E-state index in [1.807, 2.05) is 0 Å². The highest BCUT2D eigenvalue weighted by Gasteiger charge is 2.20. The molecule has 4 heteroatoms. The van der Waals surface area contributed by atoms with Crippen LogP contribution in [0.4, 0.5) is 0 Å². The maximum atomic E-state index is 11.5. The molecular weight excluding hydrogens is 220 g/mol. The summed E-state index contributed by atoms with van der Waals surface area (Å²) in [5.74, 6) is 1.57. The van der Waals surface area contributed by atoms with E-state index in [2.05, 4.69) is 13.8 Å². The number of sulfone groups is 1. The molecule has 0 rings (SSSR count). The molecule has 0 N–H and O–H groups in total. The van der Waals surface area contributed by atoms with Crippen LogP contribution in [0.25, 0.3) is 0 Å². The van der Waals surface area contributed by atoms with Gasteiger partial charge in [0.15, 0.2) is 9.84 Å². The molecule has 0 amide bonds. The summed E-state index contributed by atoms with van der Waals surface area (Å²) in [4.78, 5) is 0. The smallest absolute Gasteiger partial charge is 0.152 e. The highest BCUT2D eigenvalue weighted by molar-refractivity contribution is 7.91. The summed E-state index contributed by atoms with van der Waals surface area (Å²) in [5.41, 5.74) is 0. The lowest BCUT2D eigenvalue weighted by Gasteiger charge is -2.18. The van der Waals surface area contributed by atoms with Crippen molar-refractivity contribution in [1.29, 1.82) is 0 Å². The normalized spacial score (nSPS) is 15.1. The standard InChI is InChI=1S/C10H21ClO2S/c1-8(2)10(7-11)5-6-14(12,13)9(3)4/h8-10H,5-7H2,1-4H3. The van der Waals surface area contributed by atoms with Gasteiger partial charge in [-0.2, -0.15) is 0 Å². The van der Waals surface area contributed by atoms with Crippen molar-refractivity contribution in [1.82, 2.24) is 0 Å². The van der Waals surface area contributed by atoms with Gasteiger partial charge in [-0.15, -0.1) is 11.6 Å². The van der Waals surface area contributed by atoms with E-state index in [0.29, 0.717) is 24.1 Å². The Balaban J connectivity index is 4.17. The summed E-state index contributed by atoms with van der Waals surface area (Å²) in [7, 11) is -2.90. The van der Waals surface area contributed by atoms with Crippen LogP contribution in [-0.4, -0.2) is 25.3 Å². The van der Waals surface area contributed by atoms with Crippen LogP contribution in [0.3, 0.4) is 0 Å². The Morgan fingerprint density at radius 3 is 1.93 bits per heavy atom. The highest BCUT2D eigenvalue weighted by atomic mass is 35.5. The van der Waals surface area contributed by atoms with E-state index in [1.54, 1.807) is 13.8 Å². The first-order valence-electron chi connectivity index (χ1n) is 5.08. The zero-order valence-electron chi connectivity index (χ0n) is 9.46. The second kappa shape index (κ2) is 5.96. The summed E-state index contributed by atoms with van der Waals surface area (Å²) >= 11 is 5.78. The van der Waals surface area contributed by atoms with Gasteiger partial charge < -0.3 is 0 Å². The molecule has 0 aliphatic rings.